The minimum atomic E-state index is -4.17. The first-order chi connectivity index (χ1) is 5.47. The second-order valence-corrected chi connectivity index (χ2v) is 2.28. The van der Waals surface area contributed by atoms with E-state index in [1.807, 2.05) is 0 Å². The Morgan fingerprint density at radius 2 is 2.17 bits per heavy atom. The van der Waals surface area contributed by atoms with Gasteiger partial charge in [-0.1, -0.05) is 0 Å². The molecule has 0 atom stereocenters. The molecule has 1 aromatic rings. The molecule has 0 saturated carbocycles. The number of nitrogen functional groups attached to an aromatic ring is 1. The summed E-state index contributed by atoms with van der Waals surface area (Å²) in [6.07, 6.45) is -4.10. The van der Waals surface area contributed by atoms with Crippen LogP contribution in [0.3, 0.4) is 0 Å². The minimum Gasteiger partial charge on any atom is -0.429 e. The van der Waals surface area contributed by atoms with E-state index >= 15 is 0 Å². The average molecular weight is 180 g/mol. The Hall–Kier alpha value is -1.20. The Bertz CT molecular complexity index is 256. The van der Waals surface area contributed by atoms with Gasteiger partial charge in [-0.15, -0.1) is 0 Å². The number of hydrogen-bond acceptors (Lipinski definition) is 3. The number of oxazole rings is 1. The smallest absolute Gasteiger partial charge is 0.389 e. The lowest BCUT2D eigenvalue weighted by molar-refractivity contribution is -0.134. The molecule has 2 N–H and O–H groups in total. The topological polar surface area (TPSA) is 52.0 Å². The molecule has 0 radical (unpaired) electrons. The van der Waals surface area contributed by atoms with Crippen LogP contribution in [0.1, 0.15) is 12.2 Å². The van der Waals surface area contributed by atoms with E-state index in [4.69, 9.17) is 5.73 Å². The van der Waals surface area contributed by atoms with Gasteiger partial charge in [0.1, 0.15) is 5.76 Å². The van der Waals surface area contributed by atoms with Crippen LogP contribution in [0.5, 0.6) is 0 Å². The molecule has 1 aromatic heterocycles. The molecule has 12 heavy (non-hydrogen) atoms. The monoisotopic (exact) mass is 180 g/mol. The first kappa shape index (κ1) is 8.89. The summed E-state index contributed by atoms with van der Waals surface area (Å²) in [5.74, 6) is 0.157. The van der Waals surface area contributed by atoms with Gasteiger partial charge < -0.3 is 10.2 Å². The molecule has 0 aliphatic carbocycles. The van der Waals surface area contributed by atoms with Gasteiger partial charge in [0.25, 0.3) is 6.01 Å². The maximum absolute atomic E-state index is 11.7. The molecule has 6 heteroatoms. The van der Waals surface area contributed by atoms with Crippen LogP contribution in [0, 0.1) is 0 Å². The minimum absolute atomic E-state index is 0.104. The highest BCUT2D eigenvalue weighted by molar-refractivity contribution is 5.10. The molecule has 0 fully saturated rings. The van der Waals surface area contributed by atoms with Crippen molar-refractivity contribution in [3.63, 3.8) is 0 Å². The van der Waals surface area contributed by atoms with Crippen molar-refractivity contribution in [2.45, 2.75) is 19.0 Å². The molecular formula is C6H7F3N2O. The van der Waals surface area contributed by atoms with Crippen molar-refractivity contribution in [1.82, 2.24) is 4.98 Å². The number of halogens is 3. The van der Waals surface area contributed by atoms with Crippen molar-refractivity contribution in [2.75, 3.05) is 5.73 Å². The third-order valence-electron chi connectivity index (χ3n) is 1.23. The lowest BCUT2D eigenvalue weighted by Gasteiger charge is -2.02. The molecular weight excluding hydrogens is 173 g/mol. The van der Waals surface area contributed by atoms with Gasteiger partial charge in [-0.3, -0.25) is 0 Å². The quantitative estimate of drug-likeness (QED) is 0.754. The Labute approximate surface area is 66.4 Å². The van der Waals surface area contributed by atoms with Crippen molar-refractivity contribution in [3.05, 3.63) is 12.0 Å². The van der Waals surface area contributed by atoms with E-state index in [9.17, 15) is 13.2 Å². The first-order valence-corrected chi connectivity index (χ1v) is 3.24. The number of hydrogen-bond donors (Lipinski definition) is 1. The SMILES string of the molecule is Nc1ncc(CCC(F)(F)F)o1. The molecule has 0 bridgehead atoms. The zero-order valence-corrected chi connectivity index (χ0v) is 6.06. The van der Waals surface area contributed by atoms with Crippen molar-refractivity contribution in [3.8, 4) is 0 Å². The Morgan fingerprint density at radius 3 is 2.58 bits per heavy atom. The van der Waals surface area contributed by atoms with Crippen molar-refractivity contribution in [1.29, 1.82) is 0 Å². The lowest BCUT2D eigenvalue weighted by Crippen LogP contribution is -2.08. The molecule has 0 amide bonds. The van der Waals surface area contributed by atoms with Crippen LogP contribution >= 0.6 is 0 Å². The van der Waals surface area contributed by atoms with Gasteiger partial charge >= 0.3 is 6.18 Å². The van der Waals surface area contributed by atoms with Gasteiger partial charge in [-0.2, -0.15) is 13.2 Å². The van der Waals surface area contributed by atoms with E-state index in [1.54, 1.807) is 0 Å². The van der Waals surface area contributed by atoms with Gasteiger partial charge in [0.2, 0.25) is 0 Å². The molecule has 68 valence electrons. The number of alkyl halides is 3. The number of anilines is 1. The van der Waals surface area contributed by atoms with Crippen LogP contribution in [0.4, 0.5) is 19.2 Å². The zero-order chi connectivity index (χ0) is 9.19. The fraction of sp³-hybridized carbons (Fsp3) is 0.500. The standard InChI is InChI=1S/C6H7F3N2O/c7-6(8,9)2-1-4-3-11-5(10)12-4/h3H,1-2H2,(H2,10,11). The maximum Gasteiger partial charge on any atom is 0.389 e. The molecule has 3 nitrogen and oxygen atoms in total. The first-order valence-electron chi connectivity index (χ1n) is 3.24. The Kier molecular flexibility index (Phi) is 2.25. The van der Waals surface area contributed by atoms with Crippen LogP contribution in [-0.4, -0.2) is 11.2 Å². The summed E-state index contributed by atoms with van der Waals surface area (Å²) in [4.78, 5) is 3.46. The van der Waals surface area contributed by atoms with Crippen molar-refractivity contribution in [2.24, 2.45) is 0 Å². The van der Waals surface area contributed by atoms with Gasteiger partial charge in [-0.25, -0.2) is 4.98 Å². The Morgan fingerprint density at radius 1 is 1.50 bits per heavy atom. The summed E-state index contributed by atoms with van der Waals surface area (Å²) >= 11 is 0. The van der Waals surface area contributed by atoms with E-state index < -0.39 is 12.6 Å². The predicted octanol–water partition coefficient (Wildman–Crippen LogP) is 1.75. The highest BCUT2D eigenvalue weighted by Gasteiger charge is 2.27. The van der Waals surface area contributed by atoms with Gasteiger partial charge in [-0.05, 0) is 0 Å². The molecule has 0 unspecified atom stereocenters. The number of aromatic nitrogens is 1. The second-order valence-electron chi connectivity index (χ2n) is 2.28. The molecule has 0 spiro atoms. The van der Waals surface area contributed by atoms with Gasteiger partial charge in [0.15, 0.2) is 0 Å². The highest BCUT2D eigenvalue weighted by Crippen LogP contribution is 2.22. The third kappa shape index (κ3) is 2.81. The molecule has 0 aromatic carbocycles. The zero-order valence-electron chi connectivity index (χ0n) is 6.06. The van der Waals surface area contributed by atoms with E-state index in [2.05, 4.69) is 9.40 Å². The highest BCUT2D eigenvalue weighted by atomic mass is 19.4. The number of nitrogens with zero attached hydrogens (tertiary/aromatic N) is 1. The van der Waals surface area contributed by atoms with Crippen LogP contribution in [0.2, 0.25) is 0 Å². The van der Waals surface area contributed by atoms with E-state index in [0.717, 1.165) is 0 Å². The summed E-state index contributed by atoms with van der Waals surface area (Å²) in [6, 6.07) is -0.104. The fourth-order valence-electron chi connectivity index (χ4n) is 0.703. The maximum atomic E-state index is 11.7. The summed E-state index contributed by atoms with van der Waals surface area (Å²) in [5.41, 5.74) is 5.06. The lowest BCUT2D eigenvalue weighted by atomic mass is 10.2. The molecule has 1 heterocycles. The van der Waals surface area contributed by atoms with Crippen molar-refractivity contribution >= 4 is 6.01 Å². The molecule has 0 saturated heterocycles. The fourth-order valence-corrected chi connectivity index (χ4v) is 0.703. The molecule has 1 rings (SSSR count). The average Bonchev–Trinajstić information content (AvgIpc) is 2.30. The van der Waals surface area contributed by atoms with Crippen molar-refractivity contribution < 1.29 is 17.6 Å². The number of nitrogens with two attached hydrogens (primary N) is 1. The largest absolute Gasteiger partial charge is 0.429 e. The predicted molar refractivity (Wildman–Crippen MR) is 35.3 cm³/mol. The molecule has 0 aliphatic heterocycles. The third-order valence-corrected chi connectivity index (χ3v) is 1.23. The number of rotatable bonds is 2. The molecule has 0 aliphatic rings. The second kappa shape index (κ2) is 3.04. The van der Waals surface area contributed by atoms with E-state index in [0.29, 0.717) is 0 Å². The summed E-state index contributed by atoms with van der Waals surface area (Å²) in [5, 5.41) is 0. The van der Waals surface area contributed by atoms with Crippen LogP contribution in [0.25, 0.3) is 0 Å². The van der Waals surface area contributed by atoms with Gasteiger partial charge in [0.05, 0.1) is 12.6 Å². The summed E-state index contributed by atoms with van der Waals surface area (Å²) < 4.78 is 39.6. The van der Waals surface area contributed by atoms with Crippen LogP contribution < -0.4 is 5.73 Å². The van der Waals surface area contributed by atoms with Crippen LogP contribution in [0.15, 0.2) is 10.6 Å². The van der Waals surface area contributed by atoms with E-state index in [-0.39, 0.29) is 18.2 Å². The Balaban J connectivity index is 2.44. The van der Waals surface area contributed by atoms with E-state index in [1.165, 1.54) is 6.20 Å². The summed E-state index contributed by atoms with van der Waals surface area (Å²) in [7, 11) is 0. The van der Waals surface area contributed by atoms with Gasteiger partial charge in [0, 0.05) is 6.42 Å². The normalized spacial score (nSPS) is 11.9. The number of aryl methyl sites for hydroxylation is 1. The van der Waals surface area contributed by atoms with Crippen LogP contribution in [-0.2, 0) is 6.42 Å². The summed E-state index contributed by atoms with van der Waals surface area (Å²) in [6.45, 7) is 0.